The summed E-state index contributed by atoms with van der Waals surface area (Å²) in [5, 5.41) is 6.71. The van der Waals surface area contributed by atoms with Gasteiger partial charge >= 0.3 is 6.03 Å². The Balaban J connectivity index is 1.75. The normalized spacial score (nSPS) is 14.4. The standard InChI is InChI=1S/C23H24F3N5O2S/c1-27-22(32)28-5-6-31-20(14-34-23(31)29-16-4-2-3-15(24)11-16)21-18(25)12-17(13-19(21)26)30-7-9-33-10-8-30/h2-4,11-14H,5-10H2,1H3,(H2,27,28,32). The molecule has 1 aliphatic rings. The van der Waals surface area contributed by atoms with Crippen LogP contribution >= 0.6 is 11.3 Å². The third-order valence-electron chi connectivity index (χ3n) is 5.34. The molecule has 0 bridgehead atoms. The zero-order chi connectivity index (χ0) is 24.1. The van der Waals surface area contributed by atoms with Gasteiger partial charge in [-0.2, -0.15) is 0 Å². The Bertz CT molecular complexity index is 1210. The fraction of sp³-hybridized carbons (Fsp3) is 0.304. The molecule has 2 aromatic carbocycles. The van der Waals surface area contributed by atoms with Crippen LogP contribution in [-0.4, -0.2) is 50.5 Å². The second-order valence-electron chi connectivity index (χ2n) is 7.54. The third-order valence-corrected chi connectivity index (χ3v) is 6.20. The van der Waals surface area contributed by atoms with Crippen molar-refractivity contribution in [1.29, 1.82) is 0 Å². The van der Waals surface area contributed by atoms with E-state index in [0.29, 0.717) is 42.5 Å². The van der Waals surface area contributed by atoms with E-state index in [4.69, 9.17) is 4.74 Å². The minimum Gasteiger partial charge on any atom is -0.378 e. The van der Waals surface area contributed by atoms with E-state index in [1.165, 1.54) is 48.7 Å². The number of ether oxygens (including phenoxy) is 1. The minimum absolute atomic E-state index is 0.186. The summed E-state index contributed by atoms with van der Waals surface area (Å²) >= 11 is 1.17. The highest BCUT2D eigenvalue weighted by Crippen LogP contribution is 2.31. The Labute approximate surface area is 198 Å². The number of amides is 2. The molecule has 2 amide bonds. The number of hydrogen-bond acceptors (Lipinski definition) is 5. The largest absolute Gasteiger partial charge is 0.378 e. The molecular formula is C23H24F3N5O2S. The molecule has 1 fully saturated rings. The smallest absolute Gasteiger partial charge is 0.314 e. The molecule has 11 heteroatoms. The molecule has 7 nitrogen and oxygen atoms in total. The molecule has 0 spiro atoms. The van der Waals surface area contributed by atoms with Gasteiger partial charge in [-0.1, -0.05) is 6.07 Å². The topological polar surface area (TPSA) is 70.9 Å². The maximum Gasteiger partial charge on any atom is 0.314 e. The number of hydrogen-bond donors (Lipinski definition) is 2. The summed E-state index contributed by atoms with van der Waals surface area (Å²) in [6, 6.07) is 7.99. The molecular weight excluding hydrogens is 467 g/mol. The zero-order valence-corrected chi connectivity index (χ0v) is 19.3. The van der Waals surface area contributed by atoms with Gasteiger partial charge in [-0.05, 0) is 30.3 Å². The molecule has 0 saturated carbocycles. The Morgan fingerprint density at radius 2 is 1.88 bits per heavy atom. The Morgan fingerprint density at radius 1 is 1.15 bits per heavy atom. The van der Waals surface area contributed by atoms with E-state index >= 15 is 8.78 Å². The second kappa shape index (κ2) is 10.7. The van der Waals surface area contributed by atoms with E-state index in [0.717, 1.165) is 0 Å². The number of benzene rings is 2. The first-order valence-electron chi connectivity index (χ1n) is 10.7. The van der Waals surface area contributed by atoms with Crippen molar-refractivity contribution in [2.24, 2.45) is 4.99 Å². The van der Waals surface area contributed by atoms with Crippen LogP contribution < -0.4 is 20.3 Å². The number of urea groups is 1. The number of nitrogens with zero attached hydrogens (tertiary/aromatic N) is 3. The zero-order valence-electron chi connectivity index (χ0n) is 18.5. The molecule has 180 valence electrons. The van der Waals surface area contributed by atoms with Crippen LogP contribution in [0.4, 0.5) is 29.3 Å². The summed E-state index contributed by atoms with van der Waals surface area (Å²) in [5.74, 6) is -1.85. The van der Waals surface area contributed by atoms with Gasteiger partial charge in [0.05, 0.1) is 30.2 Å². The van der Waals surface area contributed by atoms with Crippen LogP contribution in [0.15, 0.2) is 46.8 Å². The van der Waals surface area contributed by atoms with Crippen molar-refractivity contribution in [2.75, 3.05) is 44.8 Å². The van der Waals surface area contributed by atoms with Crippen LogP contribution in [0.1, 0.15) is 0 Å². The lowest BCUT2D eigenvalue weighted by Crippen LogP contribution is -2.36. The first-order valence-corrected chi connectivity index (χ1v) is 11.6. The van der Waals surface area contributed by atoms with Crippen molar-refractivity contribution in [1.82, 2.24) is 15.2 Å². The number of aromatic nitrogens is 1. The number of carbonyl (C=O) groups is 1. The molecule has 1 saturated heterocycles. The van der Waals surface area contributed by atoms with Crippen LogP contribution in [-0.2, 0) is 11.3 Å². The van der Waals surface area contributed by atoms with Gasteiger partial charge in [0.2, 0.25) is 0 Å². The molecule has 0 unspecified atom stereocenters. The van der Waals surface area contributed by atoms with Gasteiger partial charge in [0.1, 0.15) is 17.5 Å². The van der Waals surface area contributed by atoms with E-state index in [1.807, 2.05) is 4.90 Å². The Hall–Kier alpha value is -3.31. The number of halogens is 3. The lowest BCUT2D eigenvalue weighted by atomic mass is 10.1. The van der Waals surface area contributed by atoms with Crippen molar-refractivity contribution < 1.29 is 22.7 Å². The quantitative estimate of drug-likeness (QED) is 0.553. The van der Waals surface area contributed by atoms with Gasteiger partial charge in [-0.3, -0.25) is 0 Å². The number of rotatable bonds is 6. The number of carbonyl (C=O) groups excluding carboxylic acids is 1. The van der Waals surface area contributed by atoms with E-state index in [2.05, 4.69) is 15.6 Å². The summed E-state index contributed by atoms with van der Waals surface area (Å²) in [7, 11) is 1.49. The lowest BCUT2D eigenvalue weighted by Gasteiger charge is -2.29. The summed E-state index contributed by atoms with van der Waals surface area (Å²) in [5.41, 5.74) is 0.913. The fourth-order valence-electron chi connectivity index (χ4n) is 3.67. The third kappa shape index (κ3) is 5.42. The van der Waals surface area contributed by atoms with Crippen molar-refractivity contribution in [3.8, 4) is 11.3 Å². The van der Waals surface area contributed by atoms with Gasteiger partial charge in [0, 0.05) is 44.3 Å². The molecule has 0 aliphatic carbocycles. The van der Waals surface area contributed by atoms with Crippen molar-refractivity contribution >= 4 is 28.7 Å². The first-order chi connectivity index (χ1) is 16.5. The number of morpholine rings is 1. The predicted molar refractivity (Wildman–Crippen MR) is 125 cm³/mol. The van der Waals surface area contributed by atoms with E-state index < -0.39 is 17.5 Å². The van der Waals surface area contributed by atoms with Crippen LogP contribution in [0.3, 0.4) is 0 Å². The van der Waals surface area contributed by atoms with Crippen LogP contribution in [0.2, 0.25) is 0 Å². The molecule has 0 atom stereocenters. The van der Waals surface area contributed by atoms with Crippen LogP contribution in [0.5, 0.6) is 0 Å². The maximum atomic E-state index is 15.3. The monoisotopic (exact) mass is 491 g/mol. The van der Waals surface area contributed by atoms with E-state index in [-0.39, 0.29) is 30.4 Å². The lowest BCUT2D eigenvalue weighted by molar-refractivity contribution is 0.122. The highest BCUT2D eigenvalue weighted by molar-refractivity contribution is 7.07. The number of nitrogens with one attached hydrogen (secondary N) is 2. The molecule has 3 aromatic rings. The second-order valence-corrected chi connectivity index (χ2v) is 8.37. The van der Waals surface area contributed by atoms with Crippen molar-refractivity contribution in [3.63, 3.8) is 0 Å². The Morgan fingerprint density at radius 3 is 2.56 bits per heavy atom. The summed E-state index contributed by atoms with van der Waals surface area (Å²) in [6.45, 7) is 2.49. The molecule has 0 radical (unpaired) electrons. The van der Waals surface area contributed by atoms with Gasteiger partial charge in [0.25, 0.3) is 0 Å². The Kier molecular flexibility index (Phi) is 7.53. The average Bonchev–Trinajstić information content (AvgIpc) is 3.20. The summed E-state index contributed by atoms with van der Waals surface area (Å²) in [6.07, 6.45) is 0. The highest BCUT2D eigenvalue weighted by Gasteiger charge is 2.21. The summed E-state index contributed by atoms with van der Waals surface area (Å²) in [4.78, 5) is 18.3. The minimum atomic E-state index is -0.704. The molecule has 2 heterocycles. The maximum absolute atomic E-state index is 15.3. The molecule has 1 aromatic heterocycles. The van der Waals surface area contributed by atoms with Crippen LogP contribution in [0, 0.1) is 17.5 Å². The van der Waals surface area contributed by atoms with Gasteiger partial charge in [-0.25, -0.2) is 23.0 Å². The average molecular weight is 492 g/mol. The molecule has 2 N–H and O–H groups in total. The number of anilines is 1. The molecule has 4 rings (SSSR count). The number of thiazole rings is 1. The highest BCUT2D eigenvalue weighted by atomic mass is 32.1. The fourth-order valence-corrected chi connectivity index (χ4v) is 4.61. The molecule has 34 heavy (non-hydrogen) atoms. The van der Waals surface area contributed by atoms with E-state index in [9.17, 15) is 9.18 Å². The van der Waals surface area contributed by atoms with Gasteiger partial charge in [0.15, 0.2) is 4.80 Å². The molecule has 1 aliphatic heterocycles. The predicted octanol–water partition coefficient (Wildman–Crippen LogP) is 3.63. The first kappa shape index (κ1) is 23.8. The summed E-state index contributed by atoms with van der Waals surface area (Å²) < 4.78 is 51.1. The van der Waals surface area contributed by atoms with E-state index in [1.54, 1.807) is 16.0 Å². The van der Waals surface area contributed by atoms with Crippen molar-refractivity contribution in [3.05, 3.63) is 64.0 Å². The van der Waals surface area contributed by atoms with Gasteiger partial charge < -0.3 is 24.8 Å². The van der Waals surface area contributed by atoms with Crippen LogP contribution in [0.25, 0.3) is 11.3 Å². The SMILES string of the molecule is CNC(=O)NCCn1c(-c2c(F)cc(N3CCOCC3)cc2F)csc1=Nc1cccc(F)c1. The van der Waals surface area contributed by atoms with Crippen molar-refractivity contribution in [2.45, 2.75) is 6.54 Å². The van der Waals surface area contributed by atoms with Gasteiger partial charge in [-0.15, -0.1) is 11.3 Å².